The molecule has 0 spiro atoms. The molecule has 2 heterocycles. The Morgan fingerprint density at radius 1 is 1.25 bits per heavy atom. The van der Waals surface area contributed by atoms with Gasteiger partial charge in [-0.3, -0.25) is 9.36 Å². The van der Waals surface area contributed by atoms with Gasteiger partial charge < -0.3 is 19.9 Å². The fraction of sp³-hybridized carbons (Fsp3) is 0.550. The average molecular weight is 390 g/mol. The first-order valence-corrected chi connectivity index (χ1v) is 9.57. The first kappa shape index (κ1) is 21.5. The van der Waals surface area contributed by atoms with Gasteiger partial charge in [0.25, 0.3) is 5.91 Å². The molecule has 0 bridgehead atoms. The van der Waals surface area contributed by atoms with Crippen molar-refractivity contribution in [2.75, 3.05) is 13.2 Å². The second kappa shape index (κ2) is 9.43. The molecule has 0 aliphatic rings. The van der Waals surface area contributed by atoms with Crippen LogP contribution in [0.4, 0.5) is 4.79 Å². The van der Waals surface area contributed by atoms with Crippen LogP contribution in [-0.2, 0) is 4.74 Å². The number of aromatic nitrogens is 2. The molecule has 1 unspecified atom stereocenters. The van der Waals surface area contributed by atoms with Crippen molar-refractivity contribution in [1.82, 2.24) is 20.4 Å². The van der Waals surface area contributed by atoms with Crippen LogP contribution in [0.3, 0.4) is 0 Å². The summed E-state index contributed by atoms with van der Waals surface area (Å²) in [5.74, 6) is 1.52. The summed E-state index contributed by atoms with van der Waals surface area (Å²) in [7, 11) is 0. The average Bonchev–Trinajstić information content (AvgIpc) is 3.14. The largest absolute Gasteiger partial charge is 0.450 e. The Hall–Kier alpha value is -2.77. The minimum atomic E-state index is -0.470. The lowest BCUT2D eigenvalue weighted by molar-refractivity contribution is 0.0944. The molecular weight excluding hydrogens is 360 g/mol. The number of rotatable bonds is 8. The number of aryl methyl sites for hydroxylation is 2. The highest BCUT2D eigenvalue weighted by Gasteiger charge is 2.20. The smallest absolute Gasteiger partial charge is 0.407 e. The van der Waals surface area contributed by atoms with E-state index in [0.717, 1.165) is 17.8 Å². The molecule has 0 saturated heterocycles. The summed E-state index contributed by atoms with van der Waals surface area (Å²) in [6.07, 6.45) is 0.262. The summed E-state index contributed by atoms with van der Waals surface area (Å²) >= 11 is 0. The monoisotopic (exact) mass is 390 g/mol. The topological polar surface area (TPSA) is 98.4 Å². The van der Waals surface area contributed by atoms with Crippen molar-refractivity contribution in [1.29, 1.82) is 0 Å². The molecule has 0 fully saturated rings. The third-order valence-electron chi connectivity index (χ3n) is 4.38. The van der Waals surface area contributed by atoms with Crippen LogP contribution in [-0.4, -0.2) is 40.9 Å². The van der Waals surface area contributed by atoms with E-state index in [2.05, 4.69) is 29.6 Å². The molecule has 0 radical (unpaired) electrons. The molecule has 8 nitrogen and oxygen atoms in total. The van der Waals surface area contributed by atoms with E-state index < -0.39 is 6.09 Å². The third kappa shape index (κ3) is 5.37. The van der Waals surface area contributed by atoms with Crippen molar-refractivity contribution in [3.8, 4) is 5.82 Å². The summed E-state index contributed by atoms with van der Waals surface area (Å²) < 4.78 is 12.0. The van der Waals surface area contributed by atoms with E-state index in [-0.39, 0.29) is 11.9 Å². The highest BCUT2D eigenvalue weighted by Crippen LogP contribution is 2.20. The number of nitrogens with zero attached hydrogens (tertiary/aromatic N) is 2. The maximum absolute atomic E-state index is 12.8. The molecular formula is C20H30N4O4. The quantitative estimate of drug-likeness (QED) is 0.721. The fourth-order valence-electron chi connectivity index (χ4n) is 3.22. The molecule has 2 N–H and O–H groups in total. The van der Waals surface area contributed by atoms with Crippen molar-refractivity contribution in [3.05, 3.63) is 34.8 Å². The molecule has 154 valence electrons. The van der Waals surface area contributed by atoms with Gasteiger partial charge in [0.15, 0.2) is 5.82 Å². The van der Waals surface area contributed by atoms with Gasteiger partial charge in [-0.1, -0.05) is 19.0 Å². The van der Waals surface area contributed by atoms with Crippen molar-refractivity contribution in [2.45, 2.75) is 54.0 Å². The molecule has 0 saturated carbocycles. The van der Waals surface area contributed by atoms with Gasteiger partial charge in [0.2, 0.25) is 0 Å². The first-order chi connectivity index (χ1) is 13.2. The number of amides is 2. The van der Waals surface area contributed by atoms with E-state index in [9.17, 15) is 9.59 Å². The Labute approximate surface area is 165 Å². The Morgan fingerprint density at radius 2 is 1.96 bits per heavy atom. The van der Waals surface area contributed by atoms with Crippen LogP contribution >= 0.6 is 0 Å². The van der Waals surface area contributed by atoms with Crippen molar-refractivity contribution < 1.29 is 18.8 Å². The highest BCUT2D eigenvalue weighted by molar-refractivity contribution is 5.96. The van der Waals surface area contributed by atoms with Gasteiger partial charge in [-0.05, 0) is 46.1 Å². The number of carbonyl (C=O) groups is 2. The van der Waals surface area contributed by atoms with Gasteiger partial charge in [0.05, 0.1) is 12.2 Å². The Balaban J connectivity index is 2.09. The fourth-order valence-corrected chi connectivity index (χ4v) is 3.22. The lowest BCUT2D eigenvalue weighted by atomic mass is 10.0. The van der Waals surface area contributed by atoms with Gasteiger partial charge in [-0.25, -0.2) is 4.79 Å². The SMILES string of the molecule is CCOC(=O)NC(CNC(=O)c1cc(C)n(-c2cc(C)on2)c1C)CC(C)C. The van der Waals surface area contributed by atoms with E-state index in [4.69, 9.17) is 9.26 Å². The van der Waals surface area contributed by atoms with Crippen LogP contribution in [0.2, 0.25) is 0 Å². The minimum absolute atomic E-state index is 0.195. The summed E-state index contributed by atoms with van der Waals surface area (Å²) in [5.41, 5.74) is 2.24. The van der Waals surface area contributed by atoms with E-state index in [1.807, 2.05) is 37.5 Å². The molecule has 0 aliphatic carbocycles. The molecule has 1 atom stereocenters. The van der Waals surface area contributed by atoms with E-state index in [1.165, 1.54) is 0 Å². The number of alkyl carbamates (subject to hydrolysis) is 1. The van der Waals surface area contributed by atoms with E-state index in [0.29, 0.717) is 36.2 Å². The Morgan fingerprint density at radius 3 is 2.54 bits per heavy atom. The van der Waals surface area contributed by atoms with E-state index in [1.54, 1.807) is 6.92 Å². The van der Waals surface area contributed by atoms with Crippen LogP contribution in [0.5, 0.6) is 0 Å². The maximum Gasteiger partial charge on any atom is 0.407 e. The standard InChI is InChI=1S/C20H30N4O4/c1-7-27-20(26)22-16(8-12(2)3)11-21-19(25)17-9-13(4)24(15(17)6)18-10-14(5)28-23-18/h9-10,12,16H,7-8,11H2,1-6H3,(H,21,25)(H,22,26). The number of hydrogen-bond acceptors (Lipinski definition) is 5. The number of carbonyl (C=O) groups excluding carboxylic acids is 2. The van der Waals surface area contributed by atoms with Crippen molar-refractivity contribution >= 4 is 12.0 Å². The van der Waals surface area contributed by atoms with Gasteiger partial charge in [0, 0.05) is 30.0 Å². The van der Waals surface area contributed by atoms with Gasteiger partial charge in [0.1, 0.15) is 5.76 Å². The van der Waals surface area contributed by atoms with Crippen LogP contribution in [0, 0.1) is 26.7 Å². The molecule has 28 heavy (non-hydrogen) atoms. The molecule has 0 aromatic carbocycles. The maximum atomic E-state index is 12.8. The summed E-state index contributed by atoms with van der Waals surface area (Å²) in [4.78, 5) is 24.5. The lowest BCUT2D eigenvalue weighted by Crippen LogP contribution is -2.44. The molecule has 2 aromatic heterocycles. The predicted octanol–water partition coefficient (Wildman–Crippen LogP) is 3.28. The Kier molecular flexibility index (Phi) is 7.25. The summed E-state index contributed by atoms with van der Waals surface area (Å²) in [5, 5.41) is 9.77. The van der Waals surface area contributed by atoms with Crippen molar-refractivity contribution in [3.63, 3.8) is 0 Å². The van der Waals surface area contributed by atoms with Crippen molar-refractivity contribution in [2.24, 2.45) is 5.92 Å². The number of hydrogen-bond donors (Lipinski definition) is 2. The molecule has 0 aliphatic heterocycles. The Bertz CT molecular complexity index is 822. The van der Waals surface area contributed by atoms with E-state index >= 15 is 0 Å². The molecule has 2 amide bonds. The summed E-state index contributed by atoms with van der Waals surface area (Å²) in [6, 6.07) is 3.44. The van der Waals surface area contributed by atoms with Crippen LogP contribution < -0.4 is 10.6 Å². The molecule has 8 heteroatoms. The second-order valence-corrected chi connectivity index (χ2v) is 7.32. The number of ether oxygens (including phenoxy) is 1. The lowest BCUT2D eigenvalue weighted by Gasteiger charge is -2.20. The van der Waals surface area contributed by atoms with Gasteiger partial charge in [-0.2, -0.15) is 0 Å². The van der Waals surface area contributed by atoms with Gasteiger partial charge in [-0.15, -0.1) is 0 Å². The van der Waals surface area contributed by atoms with Crippen LogP contribution in [0.1, 0.15) is 54.7 Å². The first-order valence-electron chi connectivity index (χ1n) is 9.57. The zero-order chi connectivity index (χ0) is 20.8. The summed E-state index contributed by atoms with van der Waals surface area (Å²) in [6.45, 7) is 12.1. The molecule has 2 aromatic rings. The predicted molar refractivity (Wildman–Crippen MR) is 106 cm³/mol. The highest BCUT2D eigenvalue weighted by atomic mass is 16.5. The third-order valence-corrected chi connectivity index (χ3v) is 4.38. The number of nitrogens with one attached hydrogen (secondary N) is 2. The van der Waals surface area contributed by atoms with Crippen LogP contribution in [0.25, 0.3) is 5.82 Å². The molecule has 2 rings (SSSR count). The zero-order valence-corrected chi connectivity index (χ0v) is 17.5. The normalized spacial score (nSPS) is 12.1. The minimum Gasteiger partial charge on any atom is -0.450 e. The van der Waals surface area contributed by atoms with Crippen LogP contribution in [0.15, 0.2) is 16.7 Å². The second-order valence-electron chi connectivity index (χ2n) is 7.32. The zero-order valence-electron chi connectivity index (χ0n) is 17.5. The van der Waals surface area contributed by atoms with Gasteiger partial charge >= 0.3 is 6.09 Å².